The van der Waals surface area contributed by atoms with Crippen LogP contribution in [0.2, 0.25) is 0 Å². The molecule has 0 bridgehead atoms. The number of aliphatic hydroxyl groups is 1. The molecule has 1 amide bonds. The Kier molecular flexibility index (Phi) is 6.42. The number of anilines is 1. The molecule has 0 unspecified atom stereocenters. The van der Waals surface area contributed by atoms with Gasteiger partial charge in [-0.1, -0.05) is 30.3 Å². The summed E-state index contributed by atoms with van der Waals surface area (Å²) >= 11 is 0. The van der Waals surface area contributed by atoms with Gasteiger partial charge in [-0.05, 0) is 67.6 Å². The van der Waals surface area contributed by atoms with E-state index >= 15 is 0 Å². The van der Waals surface area contributed by atoms with Crippen LogP contribution in [0.4, 0.5) is 18.9 Å². The lowest BCUT2D eigenvalue weighted by Gasteiger charge is -2.27. The van der Waals surface area contributed by atoms with Gasteiger partial charge >= 0.3 is 6.18 Å². The van der Waals surface area contributed by atoms with Gasteiger partial charge in [0.2, 0.25) is 0 Å². The molecule has 0 spiro atoms. The number of fused-ring (bicyclic) bond motifs is 2. The maximum Gasteiger partial charge on any atom is 0.435 e. The van der Waals surface area contributed by atoms with Crippen molar-refractivity contribution in [1.82, 2.24) is 14.8 Å². The molecule has 1 saturated carbocycles. The number of nitrogens with zero attached hydrogens (tertiary/aromatic N) is 3. The summed E-state index contributed by atoms with van der Waals surface area (Å²) in [5, 5.41) is 18.0. The fourth-order valence-corrected chi connectivity index (χ4v) is 5.46. The van der Waals surface area contributed by atoms with E-state index in [4.69, 9.17) is 5.73 Å². The van der Waals surface area contributed by atoms with Gasteiger partial charge in [0.25, 0.3) is 5.91 Å². The van der Waals surface area contributed by atoms with Crippen molar-refractivity contribution in [2.45, 2.75) is 44.0 Å². The number of nitrogens with one attached hydrogen (secondary N) is 1. The SMILES string of the molecule is NC(=O)c1ccc(-n2nc(C(F)(F)F)c3c(-c4cnc5ccccc5c4)cccc32)cc1N[C@H]1CC[C@H](O)CC1. The van der Waals surface area contributed by atoms with E-state index in [2.05, 4.69) is 15.4 Å². The minimum Gasteiger partial charge on any atom is -0.393 e. The number of primary amides is 1. The number of amides is 1. The highest BCUT2D eigenvalue weighted by Gasteiger charge is 2.38. The molecule has 2 aromatic heterocycles. The number of carbonyl (C=O) groups is 1. The topological polar surface area (TPSA) is 106 Å². The second-order valence-electron chi connectivity index (χ2n) is 10.1. The van der Waals surface area contributed by atoms with Gasteiger partial charge in [0.1, 0.15) is 0 Å². The average molecular weight is 546 g/mol. The molecule has 0 aliphatic heterocycles. The summed E-state index contributed by atoms with van der Waals surface area (Å²) in [7, 11) is 0. The molecule has 1 aliphatic rings. The standard InChI is InChI=1S/C30H26F3N5O2/c31-30(32,33)28-27-22(18-14-17-4-1-2-6-24(17)35-16-18)5-3-7-26(27)38(37-28)20-10-13-23(29(34)40)25(15-20)36-19-8-11-21(39)12-9-19/h1-7,10,13-16,19,21,36,39H,8-9,11-12H2,(H2,34,40)/t19-,21-. The fraction of sp³-hybridized carbons (Fsp3) is 0.233. The van der Waals surface area contributed by atoms with E-state index in [-0.39, 0.29) is 28.6 Å². The van der Waals surface area contributed by atoms with Crippen LogP contribution in [0, 0.1) is 0 Å². The van der Waals surface area contributed by atoms with E-state index in [1.54, 1.807) is 30.5 Å². The number of hydrogen-bond donors (Lipinski definition) is 3. The normalized spacial score (nSPS) is 17.8. The molecule has 6 rings (SSSR count). The Bertz CT molecular complexity index is 1740. The van der Waals surface area contributed by atoms with E-state index in [0.29, 0.717) is 48.2 Å². The van der Waals surface area contributed by atoms with Gasteiger partial charge in [0, 0.05) is 34.3 Å². The van der Waals surface area contributed by atoms with Gasteiger partial charge in [0.05, 0.1) is 28.4 Å². The third-order valence-corrected chi connectivity index (χ3v) is 7.45. The monoisotopic (exact) mass is 545 g/mol. The first kappa shape index (κ1) is 25.8. The van der Waals surface area contributed by atoms with Gasteiger partial charge in [-0.3, -0.25) is 9.78 Å². The minimum atomic E-state index is -4.72. The minimum absolute atomic E-state index is 0.0103. The summed E-state index contributed by atoms with van der Waals surface area (Å²) in [5.41, 5.74) is 7.49. The molecular formula is C30H26F3N5O2. The Labute approximate surface area is 227 Å². The van der Waals surface area contributed by atoms with Gasteiger partial charge < -0.3 is 16.2 Å². The van der Waals surface area contributed by atoms with E-state index in [1.165, 1.54) is 16.8 Å². The predicted molar refractivity (Wildman–Crippen MR) is 147 cm³/mol. The van der Waals surface area contributed by atoms with Gasteiger partial charge in [-0.25, -0.2) is 4.68 Å². The van der Waals surface area contributed by atoms with Crippen LogP contribution in [0.1, 0.15) is 41.7 Å². The van der Waals surface area contributed by atoms with Crippen LogP contribution in [0.25, 0.3) is 38.6 Å². The van der Waals surface area contributed by atoms with Gasteiger partial charge in [-0.15, -0.1) is 0 Å². The number of hydrogen-bond acceptors (Lipinski definition) is 5. The predicted octanol–water partition coefficient (Wildman–Crippen LogP) is 6.07. The van der Waals surface area contributed by atoms with Crippen molar-refractivity contribution in [3.05, 3.63) is 84.2 Å². The molecule has 3 aromatic carbocycles. The summed E-state index contributed by atoms with van der Waals surface area (Å²) < 4.78 is 44.4. The number of pyridine rings is 1. The number of aromatic nitrogens is 3. The first-order valence-corrected chi connectivity index (χ1v) is 13.0. The first-order chi connectivity index (χ1) is 19.2. The lowest BCUT2D eigenvalue weighted by atomic mass is 9.92. The van der Waals surface area contributed by atoms with Crippen molar-refractivity contribution in [1.29, 1.82) is 0 Å². The van der Waals surface area contributed by atoms with Crippen molar-refractivity contribution in [3.63, 3.8) is 0 Å². The van der Waals surface area contributed by atoms with E-state index in [1.807, 2.05) is 30.3 Å². The Morgan fingerprint density at radius 3 is 2.52 bits per heavy atom. The third kappa shape index (κ3) is 4.75. The molecule has 4 N–H and O–H groups in total. The van der Waals surface area contributed by atoms with Crippen LogP contribution in [0.5, 0.6) is 0 Å². The number of carbonyl (C=O) groups excluding carboxylic acids is 1. The number of benzene rings is 3. The summed E-state index contributed by atoms with van der Waals surface area (Å²) in [6.45, 7) is 0. The second kappa shape index (κ2) is 9.95. The molecule has 5 aromatic rings. The third-order valence-electron chi connectivity index (χ3n) is 7.45. The maximum absolute atomic E-state index is 14.4. The molecule has 204 valence electrons. The van der Waals surface area contributed by atoms with Crippen LogP contribution in [0.15, 0.2) is 72.9 Å². The van der Waals surface area contributed by atoms with Crippen LogP contribution >= 0.6 is 0 Å². The summed E-state index contributed by atoms with van der Waals surface area (Å²) in [4.78, 5) is 16.6. The lowest BCUT2D eigenvalue weighted by molar-refractivity contribution is -0.140. The zero-order valence-electron chi connectivity index (χ0n) is 21.3. The summed E-state index contributed by atoms with van der Waals surface area (Å²) in [5.74, 6) is -0.655. The molecule has 40 heavy (non-hydrogen) atoms. The highest BCUT2D eigenvalue weighted by atomic mass is 19.4. The number of para-hydroxylation sites is 1. The van der Waals surface area contributed by atoms with E-state index < -0.39 is 17.8 Å². The molecule has 1 aliphatic carbocycles. The molecule has 7 nitrogen and oxygen atoms in total. The highest BCUT2D eigenvalue weighted by Crippen LogP contribution is 2.41. The van der Waals surface area contributed by atoms with Crippen LogP contribution in [0.3, 0.4) is 0 Å². The number of alkyl halides is 3. The highest BCUT2D eigenvalue weighted by molar-refractivity contribution is 6.01. The van der Waals surface area contributed by atoms with Crippen LogP contribution in [-0.4, -0.2) is 37.9 Å². The smallest absolute Gasteiger partial charge is 0.393 e. The lowest BCUT2D eigenvalue weighted by Crippen LogP contribution is -2.29. The first-order valence-electron chi connectivity index (χ1n) is 13.0. The largest absolute Gasteiger partial charge is 0.435 e. The van der Waals surface area contributed by atoms with Crippen molar-refractivity contribution in [2.24, 2.45) is 5.73 Å². The number of aliphatic hydroxyl groups excluding tert-OH is 1. The van der Waals surface area contributed by atoms with Crippen molar-refractivity contribution in [2.75, 3.05) is 5.32 Å². The summed E-state index contributed by atoms with van der Waals surface area (Å²) in [6, 6.07) is 18.8. The Balaban J connectivity index is 1.50. The average Bonchev–Trinajstić information content (AvgIpc) is 3.35. The molecule has 0 saturated heterocycles. The maximum atomic E-state index is 14.4. The molecule has 2 heterocycles. The van der Waals surface area contributed by atoms with Crippen LogP contribution in [-0.2, 0) is 6.18 Å². The molecule has 10 heteroatoms. The quantitative estimate of drug-likeness (QED) is 0.248. The molecule has 0 radical (unpaired) electrons. The van der Waals surface area contributed by atoms with Gasteiger partial charge in [0.15, 0.2) is 5.69 Å². The Hall–Kier alpha value is -4.44. The molecule has 1 fully saturated rings. The number of halogens is 3. The van der Waals surface area contributed by atoms with Crippen molar-refractivity contribution in [3.8, 4) is 16.8 Å². The molecule has 0 atom stereocenters. The molecular weight excluding hydrogens is 519 g/mol. The Morgan fingerprint density at radius 2 is 1.77 bits per heavy atom. The van der Waals surface area contributed by atoms with Gasteiger partial charge in [-0.2, -0.15) is 18.3 Å². The zero-order valence-corrected chi connectivity index (χ0v) is 21.3. The van der Waals surface area contributed by atoms with Crippen molar-refractivity contribution >= 4 is 33.4 Å². The fourth-order valence-electron chi connectivity index (χ4n) is 5.46. The second-order valence-corrected chi connectivity index (χ2v) is 10.1. The zero-order chi connectivity index (χ0) is 28.0. The number of rotatable bonds is 5. The summed E-state index contributed by atoms with van der Waals surface area (Å²) in [6.07, 6.45) is -0.891. The van der Waals surface area contributed by atoms with Crippen molar-refractivity contribution < 1.29 is 23.1 Å². The number of nitrogens with two attached hydrogens (primary N) is 1. The Morgan fingerprint density at radius 1 is 1.00 bits per heavy atom. The van der Waals surface area contributed by atoms with Crippen LogP contribution < -0.4 is 11.1 Å². The van der Waals surface area contributed by atoms with E-state index in [9.17, 15) is 23.1 Å². The van der Waals surface area contributed by atoms with E-state index in [0.717, 1.165) is 10.9 Å².